The van der Waals surface area contributed by atoms with E-state index in [9.17, 15) is 13.2 Å². The molecule has 0 bridgehead atoms. The summed E-state index contributed by atoms with van der Waals surface area (Å²) in [4.78, 5) is 16.6. The van der Waals surface area contributed by atoms with Gasteiger partial charge in [0, 0.05) is 44.6 Å². The van der Waals surface area contributed by atoms with Gasteiger partial charge in [-0.1, -0.05) is 29.8 Å². The highest BCUT2D eigenvalue weighted by Crippen LogP contribution is 2.19. The van der Waals surface area contributed by atoms with Crippen LogP contribution in [0.3, 0.4) is 0 Å². The molecular weight excluding hydrogens is 410 g/mol. The average Bonchev–Trinajstić information content (AvgIpc) is 2.74. The van der Waals surface area contributed by atoms with E-state index in [-0.39, 0.29) is 10.8 Å². The van der Waals surface area contributed by atoms with Crippen molar-refractivity contribution in [3.05, 3.63) is 89.5 Å². The van der Waals surface area contributed by atoms with E-state index in [2.05, 4.69) is 4.72 Å². The minimum absolute atomic E-state index is 0.135. The van der Waals surface area contributed by atoms with Crippen molar-refractivity contribution < 1.29 is 13.2 Å². The molecule has 0 heterocycles. The van der Waals surface area contributed by atoms with Crippen LogP contribution in [0.25, 0.3) is 0 Å². The van der Waals surface area contributed by atoms with Crippen LogP contribution in [0.2, 0.25) is 0 Å². The van der Waals surface area contributed by atoms with E-state index in [4.69, 9.17) is 0 Å². The van der Waals surface area contributed by atoms with Crippen molar-refractivity contribution in [2.45, 2.75) is 18.4 Å². The highest BCUT2D eigenvalue weighted by molar-refractivity contribution is 7.92. The Morgan fingerprint density at radius 3 is 1.97 bits per heavy atom. The zero-order chi connectivity index (χ0) is 22.6. The van der Waals surface area contributed by atoms with Crippen LogP contribution in [0, 0.1) is 6.92 Å². The minimum atomic E-state index is -3.68. The lowest BCUT2D eigenvalue weighted by atomic mass is 10.1. The number of rotatable bonds is 7. The molecule has 1 amide bonds. The van der Waals surface area contributed by atoms with Gasteiger partial charge in [0.2, 0.25) is 0 Å². The molecule has 6 nitrogen and oxygen atoms in total. The van der Waals surface area contributed by atoms with E-state index < -0.39 is 10.0 Å². The van der Waals surface area contributed by atoms with Crippen molar-refractivity contribution in [1.82, 2.24) is 4.90 Å². The first kappa shape index (κ1) is 22.4. The van der Waals surface area contributed by atoms with Gasteiger partial charge >= 0.3 is 0 Å². The van der Waals surface area contributed by atoms with Gasteiger partial charge in [-0.15, -0.1) is 0 Å². The fourth-order valence-electron chi connectivity index (χ4n) is 3.08. The number of nitrogens with one attached hydrogen (secondary N) is 1. The number of carbonyl (C=O) groups excluding carboxylic acids is 1. The van der Waals surface area contributed by atoms with Crippen molar-refractivity contribution in [3.8, 4) is 0 Å². The number of hydrogen-bond acceptors (Lipinski definition) is 4. The molecule has 3 rings (SSSR count). The van der Waals surface area contributed by atoms with Crippen LogP contribution < -0.4 is 9.62 Å². The van der Waals surface area contributed by atoms with Gasteiger partial charge in [0.05, 0.1) is 4.90 Å². The predicted octanol–water partition coefficient (Wildman–Crippen LogP) is 4.13. The zero-order valence-corrected chi connectivity index (χ0v) is 19.0. The van der Waals surface area contributed by atoms with Gasteiger partial charge in [0.1, 0.15) is 0 Å². The number of carbonyl (C=O) groups is 1. The Hall–Kier alpha value is -3.32. The fraction of sp³-hybridized carbons (Fsp3) is 0.208. The molecule has 7 heteroatoms. The predicted molar refractivity (Wildman–Crippen MR) is 125 cm³/mol. The summed E-state index contributed by atoms with van der Waals surface area (Å²) in [5, 5.41) is 0. The summed E-state index contributed by atoms with van der Waals surface area (Å²) in [6, 6.07) is 21.1. The summed E-state index contributed by atoms with van der Waals surface area (Å²) >= 11 is 0. The summed E-state index contributed by atoms with van der Waals surface area (Å²) in [6.07, 6.45) is 0. The maximum Gasteiger partial charge on any atom is 0.261 e. The van der Waals surface area contributed by atoms with Gasteiger partial charge in [-0.05, 0) is 61.0 Å². The van der Waals surface area contributed by atoms with Gasteiger partial charge in [-0.2, -0.15) is 0 Å². The van der Waals surface area contributed by atoms with Crippen LogP contribution in [0.5, 0.6) is 0 Å². The molecular formula is C24H27N3O3S. The molecule has 0 unspecified atom stereocenters. The molecule has 0 aliphatic rings. The number of sulfonamides is 1. The Morgan fingerprint density at radius 2 is 1.42 bits per heavy atom. The molecule has 0 aliphatic heterocycles. The van der Waals surface area contributed by atoms with E-state index in [0.29, 0.717) is 17.8 Å². The molecule has 0 aromatic heterocycles. The molecule has 0 radical (unpaired) electrons. The van der Waals surface area contributed by atoms with E-state index in [0.717, 1.165) is 16.8 Å². The van der Waals surface area contributed by atoms with Crippen LogP contribution in [-0.2, 0) is 16.6 Å². The van der Waals surface area contributed by atoms with Gasteiger partial charge in [-0.3, -0.25) is 9.52 Å². The fourth-order valence-corrected chi connectivity index (χ4v) is 4.14. The van der Waals surface area contributed by atoms with Crippen LogP contribution in [0.1, 0.15) is 21.5 Å². The quantitative estimate of drug-likeness (QED) is 0.603. The largest absolute Gasteiger partial charge is 0.378 e. The summed E-state index contributed by atoms with van der Waals surface area (Å²) < 4.78 is 27.6. The van der Waals surface area contributed by atoms with Gasteiger partial charge in [0.25, 0.3) is 15.9 Å². The standard InChI is InChI=1S/C24H27N3O3S/c1-18-5-15-23(16-6-18)31(29,30)25-21-11-9-20(10-12-21)24(28)27(4)17-19-7-13-22(14-8-19)26(2)3/h5-16,25H,17H2,1-4H3. The number of nitrogens with zero attached hydrogens (tertiary/aromatic N) is 2. The number of anilines is 2. The van der Waals surface area contributed by atoms with Crippen LogP contribution in [0.4, 0.5) is 11.4 Å². The third-order valence-corrected chi connectivity index (χ3v) is 6.33. The molecule has 0 saturated carbocycles. The third kappa shape index (κ3) is 5.64. The monoisotopic (exact) mass is 437 g/mol. The lowest BCUT2D eigenvalue weighted by molar-refractivity contribution is 0.0785. The normalized spacial score (nSPS) is 11.1. The van der Waals surface area contributed by atoms with Crippen molar-refractivity contribution in [1.29, 1.82) is 0 Å². The molecule has 0 aliphatic carbocycles. The molecule has 0 saturated heterocycles. The van der Waals surface area contributed by atoms with Crippen molar-refractivity contribution in [2.75, 3.05) is 30.8 Å². The second-order valence-electron chi connectivity index (χ2n) is 7.72. The first-order valence-electron chi connectivity index (χ1n) is 9.87. The van der Waals surface area contributed by atoms with E-state index in [1.165, 1.54) is 0 Å². The minimum Gasteiger partial charge on any atom is -0.378 e. The maximum absolute atomic E-state index is 12.8. The Kier molecular flexibility index (Phi) is 6.65. The Balaban J connectivity index is 1.66. The second-order valence-corrected chi connectivity index (χ2v) is 9.40. The second kappa shape index (κ2) is 9.22. The van der Waals surface area contributed by atoms with Gasteiger partial charge < -0.3 is 9.80 Å². The number of aryl methyl sites for hydroxylation is 1. The Labute approximate surface area is 184 Å². The highest BCUT2D eigenvalue weighted by atomic mass is 32.2. The van der Waals surface area contributed by atoms with Gasteiger partial charge in [0.15, 0.2) is 0 Å². The molecule has 0 fully saturated rings. The van der Waals surface area contributed by atoms with E-state index in [1.54, 1.807) is 60.5 Å². The lowest BCUT2D eigenvalue weighted by Gasteiger charge is -2.19. The average molecular weight is 438 g/mol. The number of benzene rings is 3. The topological polar surface area (TPSA) is 69.7 Å². The number of amides is 1. The molecule has 31 heavy (non-hydrogen) atoms. The molecule has 162 valence electrons. The van der Waals surface area contributed by atoms with Crippen molar-refractivity contribution >= 4 is 27.3 Å². The van der Waals surface area contributed by atoms with Gasteiger partial charge in [-0.25, -0.2) is 8.42 Å². The highest BCUT2D eigenvalue weighted by Gasteiger charge is 2.16. The molecule has 1 N–H and O–H groups in total. The molecule has 3 aromatic rings. The summed E-state index contributed by atoms with van der Waals surface area (Å²) in [6.45, 7) is 2.38. The molecule has 3 aromatic carbocycles. The van der Waals surface area contributed by atoms with Crippen molar-refractivity contribution in [2.24, 2.45) is 0 Å². The third-order valence-electron chi connectivity index (χ3n) is 4.93. The Morgan fingerprint density at radius 1 is 0.839 bits per heavy atom. The first-order valence-corrected chi connectivity index (χ1v) is 11.4. The smallest absolute Gasteiger partial charge is 0.261 e. The van der Waals surface area contributed by atoms with Crippen LogP contribution >= 0.6 is 0 Å². The summed E-state index contributed by atoms with van der Waals surface area (Å²) in [5.41, 5.74) is 4.01. The number of hydrogen-bond donors (Lipinski definition) is 1. The maximum atomic E-state index is 12.8. The SMILES string of the molecule is Cc1ccc(S(=O)(=O)Nc2ccc(C(=O)N(C)Cc3ccc(N(C)C)cc3)cc2)cc1. The molecule has 0 spiro atoms. The van der Waals surface area contributed by atoms with Crippen LogP contribution in [0.15, 0.2) is 77.7 Å². The summed E-state index contributed by atoms with van der Waals surface area (Å²) in [7, 11) is 2.03. The summed E-state index contributed by atoms with van der Waals surface area (Å²) in [5.74, 6) is -0.135. The molecule has 0 atom stereocenters. The Bertz CT molecular complexity index is 1140. The first-order chi connectivity index (χ1) is 14.7. The van der Waals surface area contributed by atoms with Crippen molar-refractivity contribution in [3.63, 3.8) is 0 Å². The zero-order valence-electron chi connectivity index (χ0n) is 18.2. The van der Waals surface area contributed by atoms with Crippen LogP contribution in [-0.4, -0.2) is 40.4 Å². The lowest BCUT2D eigenvalue weighted by Crippen LogP contribution is -2.26. The van der Waals surface area contributed by atoms with E-state index in [1.807, 2.05) is 50.2 Å². The van der Waals surface area contributed by atoms with E-state index >= 15 is 0 Å².